The van der Waals surface area contributed by atoms with Crippen LogP contribution in [0.15, 0.2) is 30.3 Å². The molecule has 3 N–H and O–H groups in total. The average Bonchev–Trinajstić information content (AvgIpc) is 2.58. The van der Waals surface area contributed by atoms with Gasteiger partial charge in [0.1, 0.15) is 0 Å². The first-order valence-electron chi connectivity index (χ1n) is 8.11. The minimum atomic E-state index is -0.829. The number of hydrogen-bond donors (Lipinski definition) is 3. The molecule has 2 aromatic carbocycles. The number of halogens is 4. The van der Waals surface area contributed by atoms with Crippen LogP contribution >= 0.6 is 47.2 Å². The predicted octanol–water partition coefficient (Wildman–Crippen LogP) is 5.41. The fourth-order valence-corrected chi connectivity index (χ4v) is 2.80. The van der Waals surface area contributed by atoms with Crippen molar-refractivity contribution < 1.29 is 19.7 Å². The number of aliphatic hydroxyl groups is 1. The van der Waals surface area contributed by atoms with Crippen molar-refractivity contribution in [3.63, 3.8) is 0 Å². The largest absolute Gasteiger partial charge is 0.504 e. The van der Waals surface area contributed by atoms with Gasteiger partial charge in [0.05, 0.1) is 26.7 Å². The maximum atomic E-state index is 12.3. The molecule has 154 valence electrons. The number of aliphatic hydroxyl groups excluding tert-OH is 1. The molecule has 0 saturated carbocycles. The summed E-state index contributed by atoms with van der Waals surface area (Å²) in [5, 5.41) is 23.8. The third-order valence-corrected chi connectivity index (χ3v) is 4.94. The van der Waals surface area contributed by atoms with E-state index in [2.05, 4.69) is 5.32 Å². The molecule has 1 atom stereocenters. The van der Waals surface area contributed by atoms with E-state index in [1.807, 2.05) is 20.8 Å². The van der Waals surface area contributed by atoms with Gasteiger partial charge in [-0.3, -0.25) is 0 Å². The van der Waals surface area contributed by atoms with E-state index in [9.17, 15) is 15.0 Å². The van der Waals surface area contributed by atoms with Gasteiger partial charge in [0.15, 0.2) is 11.5 Å². The minimum absolute atomic E-state index is 0. The highest BCUT2D eigenvalue weighted by molar-refractivity contribution is 6.49. The number of benzene rings is 2. The van der Waals surface area contributed by atoms with Crippen LogP contribution in [0.4, 0.5) is 0 Å². The van der Waals surface area contributed by atoms with Crippen LogP contribution in [0, 0.1) is 0 Å². The molecule has 1 unspecified atom stereocenters. The summed E-state index contributed by atoms with van der Waals surface area (Å²) in [6.45, 7) is 6.25. The maximum absolute atomic E-state index is 12.3. The molecule has 9 heteroatoms. The van der Waals surface area contributed by atoms with Gasteiger partial charge in [-0.25, -0.2) is 4.79 Å². The van der Waals surface area contributed by atoms with E-state index in [0.29, 0.717) is 12.1 Å². The number of esters is 1. The van der Waals surface area contributed by atoms with Crippen LogP contribution in [-0.4, -0.2) is 28.3 Å². The highest BCUT2D eigenvalue weighted by atomic mass is 35.5. The molecule has 0 fully saturated rings. The molecule has 0 heterocycles. The van der Waals surface area contributed by atoms with Crippen molar-refractivity contribution in [3.8, 4) is 11.5 Å². The number of phenolic OH excluding ortho intramolecular Hbond substituents is 1. The Bertz CT molecular complexity index is 853. The van der Waals surface area contributed by atoms with Crippen LogP contribution < -0.4 is 10.1 Å². The number of aromatic hydroxyl groups is 1. The Morgan fingerprint density at radius 2 is 1.79 bits per heavy atom. The summed E-state index contributed by atoms with van der Waals surface area (Å²) in [4.78, 5) is 12.3. The Labute approximate surface area is 185 Å². The molecule has 0 aliphatic carbocycles. The zero-order valence-electron chi connectivity index (χ0n) is 15.4. The Morgan fingerprint density at radius 3 is 2.36 bits per heavy atom. The first-order valence-corrected chi connectivity index (χ1v) is 9.24. The summed E-state index contributed by atoms with van der Waals surface area (Å²) in [6, 6.07) is 7.11. The molecule has 0 aliphatic heterocycles. The molecule has 0 spiro atoms. The molecule has 0 aliphatic rings. The lowest BCUT2D eigenvalue weighted by atomic mass is 10.1. The number of ether oxygens (including phenoxy) is 1. The van der Waals surface area contributed by atoms with Gasteiger partial charge < -0.3 is 20.3 Å². The van der Waals surface area contributed by atoms with Gasteiger partial charge in [0.25, 0.3) is 0 Å². The molecule has 28 heavy (non-hydrogen) atoms. The number of β-amino-alcohol motifs (C(OH)–C–C–N with tert-alkyl or cyclic N) is 1. The van der Waals surface area contributed by atoms with Crippen molar-refractivity contribution in [1.82, 2.24) is 5.32 Å². The SMILES string of the molecule is CC(C)(C)NCC(O)c1ccc(OC(=O)c2ccc(Cl)c(Cl)c2Cl)c(O)c1.Cl. The van der Waals surface area contributed by atoms with Crippen molar-refractivity contribution in [2.24, 2.45) is 0 Å². The average molecular weight is 469 g/mol. The second-order valence-electron chi connectivity index (χ2n) is 6.99. The molecular formula is C19H21Cl4NO4. The Hall–Kier alpha value is -1.21. The highest BCUT2D eigenvalue weighted by Crippen LogP contribution is 2.34. The number of rotatable bonds is 5. The first-order chi connectivity index (χ1) is 12.5. The number of carbonyl (C=O) groups excluding carboxylic acids is 1. The summed E-state index contributed by atoms with van der Waals surface area (Å²) in [7, 11) is 0. The minimum Gasteiger partial charge on any atom is -0.504 e. The van der Waals surface area contributed by atoms with Crippen molar-refractivity contribution in [3.05, 3.63) is 56.5 Å². The Morgan fingerprint density at radius 1 is 1.14 bits per heavy atom. The van der Waals surface area contributed by atoms with Gasteiger partial charge >= 0.3 is 5.97 Å². The van der Waals surface area contributed by atoms with E-state index in [-0.39, 0.29) is 50.1 Å². The van der Waals surface area contributed by atoms with Crippen LogP contribution in [-0.2, 0) is 0 Å². The molecule has 5 nitrogen and oxygen atoms in total. The van der Waals surface area contributed by atoms with E-state index >= 15 is 0 Å². The van der Waals surface area contributed by atoms with E-state index in [0.717, 1.165) is 0 Å². The molecular weight excluding hydrogens is 448 g/mol. The lowest BCUT2D eigenvalue weighted by Crippen LogP contribution is -2.38. The van der Waals surface area contributed by atoms with Crippen molar-refractivity contribution >= 4 is 53.2 Å². The van der Waals surface area contributed by atoms with Gasteiger partial charge in [-0.2, -0.15) is 0 Å². The van der Waals surface area contributed by atoms with E-state index in [1.165, 1.54) is 24.3 Å². The summed E-state index contributed by atoms with van der Waals surface area (Å²) < 4.78 is 5.18. The second-order valence-corrected chi connectivity index (χ2v) is 8.15. The molecule has 0 saturated heterocycles. The smallest absolute Gasteiger partial charge is 0.345 e. The number of carbonyl (C=O) groups is 1. The zero-order chi connectivity index (χ0) is 20.4. The third-order valence-electron chi connectivity index (χ3n) is 3.65. The monoisotopic (exact) mass is 467 g/mol. The van der Waals surface area contributed by atoms with Gasteiger partial charge in [-0.1, -0.05) is 40.9 Å². The van der Waals surface area contributed by atoms with Crippen LogP contribution in [0.2, 0.25) is 15.1 Å². The van der Waals surface area contributed by atoms with E-state index in [4.69, 9.17) is 39.5 Å². The fourth-order valence-electron chi connectivity index (χ4n) is 2.19. The molecule has 0 radical (unpaired) electrons. The van der Waals surface area contributed by atoms with E-state index in [1.54, 1.807) is 6.07 Å². The lowest BCUT2D eigenvalue weighted by Gasteiger charge is -2.23. The standard InChI is InChI=1S/C19H20Cl3NO4.ClH/c1-19(2,3)23-9-14(25)10-4-7-15(13(24)8-10)27-18(26)11-5-6-12(20)17(22)16(11)21;/h4-8,14,23-25H,9H2,1-3H3;1H. The van der Waals surface area contributed by atoms with Gasteiger partial charge in [0.2, 0.25) is 0 Å². The van der Waals surface area contributed by atoms with E-state index < -0.39 is 12.1 Å². The second kappa shape index (κ2) is 10.0. The fraction of sp³-hybridized carbons (Fsp3) is 0.316. The van der Waals surface area contributed by atoms with Crippen molar-refractivity contribution in [2.45, 2.75) is 32.4 Å². The lowest BCUT2D eigenvalue weighted by molar-refractivity contribution is 0.0729. The number of phenols is 1. The van der Waals surface area contributed by atoms with Gasteiger partial charge in [0, 0.05) is 12.1 Å². The Balaban J connectivity index is 0.00000392. The van der Waals surface area contributed by atoms with Crippen LogP contribution in [0.25, 0.3) is 0 Å². The normalized spacial score (nSPS) is 12.2. The molecule has 0 amide bonds. The maximum Gasteiger partial charge on any atom is 0.345 e. The first kappa shape index (κ1) is 24.8. The molecule has 0 bridgehead atoms. The molecule has 2 aromatic rings. The Kier molecular flexibility index (Phi) is 8.88. The topological polar surface area (TPSA) is 78.8 Å². The molecule has 0 aromatic heterocycles. The summed E-state index contributed by atoms with van der Waals surface area (Å²) >= 11 is 17.8. The van der Waals surface area contributed by atoms with Gasteiger partial charge in [-0.15, -0.1) is 12.4 Å². The predicted molar refractivity (Wildman–Crippen MR) is 115 cm³/mol. The number of nitrogens with one attached hydrogen (secondary N) is 1. The van der Waals surface area contributed by atoms with Crippen molar-refractivity contribution in [1.29, 1.82) is 0 Å². The van der Waals surface area contributed by atoms with Gasteiger partial charge in [-0.05, 0) is 50.6 Å². The van der Waals surface area contributed by atoms with Crippen molar-refractivity contribution in [2.75, 3.05) is 6.54 Å². The van der Waals surface area contributed by atoms with Crippen LogP contribution in [0.3, 0.4) is 0 Å². The summed E-state index contributed by atoms with van der Waals surface area (Å²) in [5.41, 5.74) is 0.345. The van der Waals surface area contributed by atoms with Crippen LogP contribution in [0.5, 0.6) is 11.5 Å². The highest BCUT2D eigenvalue weighted by Gasteiger charge is 2.20. The third kappa shape index (κ3) is 6.41. The zero-order valence-corrected chi connectivity index (χ0v) is 18.5. The molecule has 2 rings (SSSR count). The van der Waals surface area contributed by atoms with Crippen LogP contribution in [0.1, 0.15) is 42.8 Å². The number of hydrogen-bond acceptors (Lipinski definition) is 5. The quantitative estimate of drug-likeness (QED) is 0.310. The summed E-state index contributed by atoms with van der Waals surface area (Å²) in [6.07, 6.45) is -0.829. The summed E-state index contributed by atoms with van der Waals surface area (Å²) in [5.74, 6) is -1.15.